The lowest BCUT2D eigenvalue weighted by molar-refractivity contribution is -0.152. The molecule has 0 aromatic heterocycles. The third kappa shape index (κ3) is 4.63. The zero-order valence-electron chi connectivity index (χ0n) is 14.0. The molecule has 2 amide bonds. The number of hydrogen-bond donors (Lipinski definition) is 1. The van der Waals surface area contributed by atoms with Crippen LogP contribution in [0.5, 0.6) is 0 Å². The topological polar surface area (TPSA) is 49.4 Å². The zero-order valence-corrected chi connectivity index (χ0v) is 14.8. The summed E-state index contributed by atoms with van der Waals surface area (Å²) < 4.78 is 0. The SMILES string of the molecule is CCSCCCN1C(=O)C(C(C)CC)NC(=O)C1C(C)C. The first kappa shape index (κ1) is 18.3. The lowest BCUT2D eigenvalue weighted by atomic mass is 9.91. The normalized spacial score (nSPS) is 24.4. The second-order valence-electron chi connectivity index (χ2n) is 6.14. The molecule has 1 fully saturated rings. The van der Waals surface area contributed by atoms with Gasteiger partial charge in [-0.15, -0.1) is 0 Å². The van der Waals surface area contributed by atoms with Gasteiger partial charge in [0.25, 0.3) is 0 Å². The van der Waals surface area contributed by atoms with Crippen LogP contribution in [0.25, 0.3) is 0 Å². The van der Waals surface area contributed by atoms with Crippen LogP contribution >= 0.6 is 11.8 Å². The molecule has 3 atom stereocenters. The van der Waals surface area contributed by atoms with Crippen molar-refractivity contribution in [3.05, 3.63) is 0 Å². The summed E-state index contributed by atoms with van der Waals surface area (Å²) in [7, 11) is 0. The van der Waals surface area contributed by atoms with Gasteiger partial charge in [-0.3, -0.25) is 9.59 Å². The molecule has 0 saturated carbocycles. The maximum atomic E-state index is 12.8. The molecule has 0 aliphatic carbocycles. The Bertz CT molecular complexity index is 360. The van der Waals surface area contributed by atoms with Gasteiger partial charge in [0.2, 0.25) is 11.8 Å². The van der Waals surface area contributed by atoms with Gasteiger partial charge in [0, 0.05) is 6.54 Å². The van der Waals surface area contributed by atoms with Gasteiger partial charge in [-0.05, 0) is 29.8 Å². The van der Waals surface area contributed by atoms with Gasteiger partial charge in [-0.25, -0.2) is 0 Å². The van der Waals surface area contributed by atoms with E-state index in [1.165, 1.54) is 0 Å². The van der Waals surface area contributed by atoms with Crippen molar-refractivity contribution in [3.63, 3.8) is 0 Å². The first-order valence-electron chi connectivity index (χ1n) is 8.12. The summed E-state index contributed by atoms with van der Waals surface area (Å²) in [5.41, 5.74) is 0. The molecule has 1 rings (SSSR count). The first-order valence-corrected chi connectivity index (χ1v) is 9.28. The highest BCUT2D eigenvalue weighted by Gasteiger charge is 2.42. The summed E-state index contributed by atoms with van der Waals surface area (Å²) in [6.45, 7) is 10.9. The predicted octanol–water partition coefficient (Wildman–Crippen LogP) is 2.53. The van der Waals surface area contributed by atoms with E-state index in [0.717, 1.165) is 24.3 Å². The van der Waals surface area contributed by atoms with Crippen LogP contribution in [-0.2, 0) is 9.59 Å². The lowest BCUT2D eigenvalue weighted by Crippen LogP contribution is -2.66. The Labute approximate surface area is 133 Å². The van der Waals surface area contributed by atoms with Gasteiger partial charge < -0.3 is 10.2 Å². The van der Waals surface area contributed by atoms with E-state index in [-0.39, 0.29) is 35.7 Å². The Morgan fingerprint density at radius 2 is 1.90 bits per heavy atom. The molecular weight excluding hydrogens is 284 g/mol. The molecule has 1 saturated heterocycles. The van der Waals surface area contributed by atoms with Crippen LogP contribution in [-0.4, -0.2) is 46.8 Å². The minimum Gasteiger partial charge on any atom is -0.342 e. The Kier molecular flexibility index (Phi) is 7.57. The number of nitrogens with one attached hydrogen (secondary N) is 1. The Morgan fingerprint density at radius 1 is 1.24 bits per heavy atom. The minimum atomic E-state index is -0.351. The Hall–Kier alpha value is -0.710. The molecular formula is C16H30N2O2S. The summed E-state index contributed by atoms with van der Waals surface area (Å²) in [4.78, 5) is 27.0. The molecule has 1 N–H and O–H groups in total. The van der Waals surface area contributed by atoms with E-state index in [1.54, 1.807) is 0 Å². The highest BCUT2D eigenvalue weighted by atomic mass is 32.2. The molecule has 0 bridgehead atoms. The maximum Gasteiger partial charge on any atom is 0.246 e. The fourth-order valence-electron chi connectivity index (χ4n) is 2.77. The maximum absolute atomic E-state index is 12.8. The molecule has 5 heteroatoms. The number of carbonyl (C=O) groups excluding carboxylic acids is 2. The van der Waals surface area contributed by atoms with E-state index in [9.17, 15) is 9.59 Å². The Balaban J connectivity index is 2.82. The number of carbonyl (C=O) groups is 2. The standard InChI is InChI=1S/C16H30N2O2S/c1-6-12(5)13-16(20)18(9-8-10-21-7-2)14(11(3)4)15(19)17-13/h11-14H,6-10H2,1-5H3,(H,17,19). The van der Waals surface area contributed by atoms with Crippen molar-refractivity contribution in [2.45, 2.75) is 59.5 Å². The zero-order chi connectivity index (χ0) is 16.0. The predicted molar refractivity (Wildman–Crippen MR) is 89.3 cm³/mol. The summed E-state index contributed by atoms with van der Waals surface area (Å²) >= 11 is 1.88. The second-order valence-corrected chi connectivity index (χ2v) is 7.54. The van der Waals surface area contributed by atoms with Gasteiger partial charge in [-0.2, -0.15) is 11.8 Å². The summed E-state index contributed by atoms with van der Waals surface area (Å²) in [6, 6.07) is -0.666. The quantitative estimate of drug-likeness (QED) is 0.700. The number of thioether (sulfide) groups is 1. The molecule has 0 radical (unpaired) electrons. The van der Waals surface area contributed by atoms with Crippen molar-refractivity contribution in [1.82, 2.24) is 10.2 Å². The molecule has 4 nitrogen and oxygen atoms in total. The smallest absolute Gasteiger partial charge is 0.246 e. The van der Waals surface area contributed by atoms with Crippen molar-refractivity contribution in [2.24, 2.45) is 11.8 Å². The minimum absolute atomic E-state index is 0.0121. The van der Waals surface area contributed by atoms with Crippen LogP contribution in [0.1, 0.15) is 47.5 Å². The number of piperazine rings is 1. The van der Waals surface area contributed by atoms with Crippen molar-refractivity contribution in [1.29, 1.82) is 0 Å². The van der Waals surface area contributed by atoms with Crippen LogP contribution in [0, 0.1) is 11.8 Å². The van der Waals surface area contributed by atoms with Crippen molar-refractivity contribution in [3.8, 4) is 0 Å². The number of amides is 2. The number of rotatable bonds is 8. The lowest BCUT2D eigenvalue weighted by Gasteiger charge is -2.42. The summed E-state index contributed by atoms with van der Waals surface area (Å²) in [6.07, 6.45) is 1.84. The van der Waals surface area contributed by atoms with E-state index < -0.39 is 0 Å². The third-order valence-corrected chi connectivity index (χ3v) is 5.17. The van der Waals surface area contributed by atoms with Crippen molar-refractivity contribution >= 4 is 23.6 Å². The van der Waals surface area contributed by atoms with Crippen molar-refractivity contribution < 1.29 is 9.59 Å². The molecule has 0 aromatic carbocycles. The highest BCUT2D eigenvalue weighted by molar-refractivity contribution is 7.99. The van der Waals surface area contributed by atoms with Gasteiger partial charge in [0.15, 0.2) is 0 Å². The Morgan fingerprint density at radius 3 is 2.43 bits per heavy atom. The molecule has 1 heterocycles. The fourth-order valence-corrected chi connectivity index (χ4v) is 3.39. The summed E-state index contributed by atoms with van der Waals surface area (Å²) in [5.74, 6) is 2.58. The molecule has 1 aliphatic heterocycles. The van der Waals surface area contributed by atoms with Crippen LogP contribution in [0.3, 0.4) is 0 Å². The van der Waals surface area contributed by atoms with E-state index in [1.807, 2.05) is 37.4 Å². The van der Waals surface area contributed by atoms with Gasteiger partial charge >= 0.3 is 0 Å². The monoisotopic (exact) mass is 314 g/mol. The average molecular weight is 314 g/mol. The van der Waals surface area contributed by atoms with E-state index in [4.69, 9.17) is 0 Å². The average Bonchev–Trinajstić information content (AvgIpc) is 2.45. The van der Waals surface area contributed by atoms with Crippen LogP contribution < -0.4 is 5.32 Å². The first-order chi connectivity index (χ1) is 9.93. The number of hydrogen-bond acceptors (Lipinski definition) is 3. The molecule has 0 spiro atoms. The highest BCUT2D eigenvalue weighted by Crippen LogP contribution is 2.22. The van der Waals surface area contributed by atoms with Gasteiger partial charge in [0.1, 0.15) is 12.1 Å². The van der Waals surface area contributed by atoms with E-state index in [0.29, 0.717) is 6.54 Å². The third-order valence-electron chi connectivity index (χ3n) is 4.19. The molecule has 122 valence electrons. The van der Waals surface area contributed by atoms with Gasteiger partial charge in [0.05, 0.1) is 0 Å². The van der Waals surface area contributed by atoms with Gasteiger partial charge in [-0.1, -0.05) is 41.0 Å². The van der Waals surface area contributed by atoms with Crippen molar-refractivity contribution in [2.75, 3.05) is 18.1 Å². The van der Waals surface area contributed by atoms with Crippen LogP contribution in [0.2, 0.25) is 0 Å². The van der Waals surface area contributed by atoms with E-state index in [2.05, 4.69) is 19.2 Å². The molecule has 0 aromatic rings. The molecule has 21 heavy (non-hydrogen) atoms. The van der Waals surface area contributed by atoms with E-state index >= 15 is 0 Å². The van der Waals surface area contributed by atoms with Crippen LogP contribution in [0.15, 0.2) is 0 Å². The largest absolute Gasteiger partial charge is 0.342 e. The summed E-state index contributed by atoms with van der Waals surface area (Å²) in [5, 5.41) is 2.94. The van der Waals surface area contributed by atoms with Crippen LogP contribution in [0.4, 0.5) is 0 Å². The fraction of sp³-hybridized carbons (Fsp3) is 0.875. The second kappa shape index (κ2) is 8.66. The number of nitrogens with zero attached hydrogens (tertiary/aromatic N) is 1. The molecule has 1 aliphatic rings. The molecule has 3 unspecified atom stereocenters.